The number of likely N-dealkylation sites (N-methyl/N-ethyl adjacent to an activating group) is 1. The van der Waals surface area contributed by atoms with E-state index in [1.807, 2.05) is 18.2 Å². The van der Waals surface area contributed by atoms with E-state index in [-0.39, 0.29) is 12.1 Å². The highest BCUT2D eigenvalue weighted by Gasteiger charge is 2.35. The molecule has 0 saturated carbocycles. The van der Waals surface area contributed by atoms with E-state index >= 15 is 0 Å². The zero-order chi connectivity index (χ0) is 32.7. The maximum absolute atomic E-state index is 7.03. The molecular formula is C38H41ClN2O6. The Kier molecular flexibility index (Phi) is 8.83. The number of hydrogen-bond donors (Lipinski definition) is 0. The molecule has 0 radical (unpaired) electrons. The van der Waals surface area contributed by atoms with Crippen molar-refractivity contribution in [1.29, 1.82) is 0 Å². The highest BCUT2D eigenvalue weighted by molar-refractivity contribution is 6.17. The van der Waals surface area contributed by atoms with Gasteiger partial charge in [-0.2, -0.15) is 0 Å². The van der Waals surface area contributed by atoms with Crippen LogP contribution in [0.5, 0.6) is 46.0 Å². The van der Waals surface area contributed by atoms with E-state index in [1.165, 1.54) is 16.7 Å². The second-order valence-electron chi connectivity index (χ2n) is 12.4. The van der Waals surface area contributed by atoms with E-state index in [9.17, 15) is 0 Å². The lowest BCUT2D eigenvalue weighted by atomic mass is 9.87. The van der Waals surface area contributed by atoms with Gasteiger partial charge in [-0.25, -0.2) is 0 Å². The van der Waals surface area contributed by atoms with E-state index < -0.39 is 0 Å². The smallest absolute Gasteiger partial charge is 0.204 e. The molecule has 47 heavy (non-hydrogen) atoms. The maximum Gasteiger partial charge on any atom is 0.204 e. The lowest BCUT2D eigenvalue weighted by molar-refractivity contribution is 0.209. The largest absolute Gasteiger partial charge is 0.493 e. The molecule has 4 aromatic carbocycles. The molecule has 6 bridgehead atoms. The molecule has 4 aromatic rings. The average molecular weight is 657 g/mol. The van der Waals surface area contributed by atoms with E-state index in [4.69, 9.17) is 40.0 Å². The molecule has 8 rings (SSSR count). The normalized spacial score (nSPS) is 19.0. The number of methoxy groups -OCH3 is 4. The molecule has 9 heteroatoms. The van der Waals surface area contributed by atoms with Crippen LogP contribution in [0.1, 0.15) is 45.5 Å². The molecule has 2 atom stereocenters. The third-order valence-electron chi connectivity index (χ3n) is 9.85. The Labute approximate surface area is 281 Å². The fourth-order valence-corrected chi connectivity index (χ4v) is 7.61. The number of ether oxygens (including phenoxy) is 6. The molecule has 4 aliphatic heterocycles. The van der Waals surface area contributed by atoms with Crippen molar-refractivity contribution in [2.45, 2.75) is 37.8 Å². The molecular weight excluding hydrogens is 616 g/mol. The van der Waals surface area contributed by atoms with Gasteiger partial charge in [-0.15, -0.1) is 11.6 Å². The van der Waals surface area contributed by atoms with Gasteiger partial charge in [0, 0.05) is 30.7 Å². The van der Waals surface area contributed by atoms with Crippen LogP contribution in [0.4, 0.5) is 0 Å². The van der Waals surface area contributed by atoms with Crippen LogP contribution in [0.3, 0.4) is 0 Å². The Bertz CT molecular complexity index is 1780. The van der Waals surface area contributed by atoms with Gasteiger partial charge in [-0.1, -0.05) is 18.2 Å². The summed E-state index contributed by atoms with van der Waals surface area (Å²) in [6.07, 6.45) is 3.20. The van der Waals surface area contributed by atoms with Gasteiger partial charge in [0.2, 0.25) is 5.75 Å². The number of nitrogens with zero attached hydrogens (tertiary/aromatic N) is 2. The molecule has 0 amide bonds. The van der Waals surface area contributed by atoms with Gasteiger partial charge in [-0.05, 0) is 103 Å². The minimum absolute atomic E-state index is 0.118. The SMILES string of the molecule is COc1ccc2cc1Oc1ccc(cc1)C[C@H]1c3cc(c(OC)cc3CCN1C)Oc1c(OC)c(OC)cc3c1[C@H](C2)N(CCl)CC3. The topological polar surface area (TPSA) is 61.9 Å². The average Bonchev–Trinajstić information content (AvgIpc) is 3.09. The predicted octanol–water partition coefficient (Wildman–Crippen LogP) is 7.73. The van der Waals surface area contributed by atoms with Crippen LogP contribution >= 0.6 is 11.6 Å². The molecule has 0 N–H and O–H groups in total. The Balaban J connectivity index is 1.48. The Morgan fingerprint density at radius 1 is 0.702 bits per heavy atom. The van der Waals surface area contributed by atoms with Crippen LogP contribution in [-0.2, 0) is 25.7 Å². The van der Waals surface area contributed by atoms with Crippen LogP contribution in [0, 0.1) is 0 Å². The summed E-state index contributed by atoms with van der Waals surface area (Å²) >= 11 is 6.66. The minimum atomic E-state index is -0.118. The summed E-state index contributed by atoms with van der Waals surface area (Å²) in [6, 6.07) is 21.2. The summed E-state index contributed by atoms with van der Waals surface area (Å²) in [5.41, 5.74) is 6.95. The Hall–Kier alpha value is -4.11. The van der Waals surface area contributed by atoms with Gasteiger partial charge in [0.15, 0.2) is 34.5 Å². The second-order valence-corrected chi connectivity index (χ2v) is 12.6. The molecule has 4 heterocycles. The van der Waals surface area contributed by atoms with Gasteiger partial charge in [0.25, 0.3) is 0 Å². The van der Waals surface area contributed by atoms with Crippen LogP contribution in [0.25, 0.3) is 0 Å². The van der Waals surface area contributed by atoms with Gasteiger partial charge >= 0.3 is 0 Å². The molecule has 4 aliphatic rings. The van der Waals surface area contributed by atoms with Crippen LogP contribution in [0.2, 0.25) is 0 Å². The fourth-order valence-electron chi connectivity index (χ4n) is 7.32. The Morgan fingerprint density at radius 3 is 2.11 bits per heavy atom. The van der Waals surface area contributed by atoms with Gasteiger partial charge in [0.1, 0.15) is 5.75 Å². The summed E-state index contributed by atoms with van der Waals surface area (Å²) < 4.78 is 37.1. The van der Waals surface area contributed by atoms with E-state index in [0.29, 0.717) is 52.7 Å². The molecule has 0 spiro atoms. The van der Waals surface area contributed by atoms with Crippen molar-refractivity contribution in [2.24, 2.45) is 0 Å². The number of fused-ring (bicyclic) bond motifs is 2. The van der Waals surface area contributed by atoms with E-state index in [0.717, 1.165) is 54.8 Å². The first-order chi connectivity index (χ1) is 22.9. The lowest BCUT2D eigenvalue weighted by Crippen LogP contribution is -2.36. The van der Waals surface area contributed by atoms with Crippen LogP contribution < -0.4 is 28.4 Å². The maximum atomic E-state index is 7.03. The molecule has 0 unspecified atom stereocenters. The van der Waals surface area contributed by atoms with Crippen molar-refractivity contribution in [3.05, 3.63) is 94.0 Å². The number of halogens is 1. The quantitative estimate of drug-likeness (QED) is 0.160. The molecule has 8 nitrogen and oxygen atoms in total. The summed E-state index contributed by atoms with van der Waals surface area (Å²) in [5, 5.41) is 0. The van der Waals surface area contributed by atoms with Crippen molar-refractivity contribution >= 4 is 11.6 Å². The first-order valence-electron chi connectivity index (χ1n) is 16.0. The summed E-state index contributed by atoms with van der Waals surface area (Å²) in [7, 11) is 8.86. The summed E-state index contributed by atoms with van der Waals surface area (Å²) in [4.78, 5) is 4.69. The first kappa shape index (κ1) is 31.5. The highest BCUT2D eigenvalue weighted by Crippen LogP contribution is 2.52. The van der Waals surface area contributed by atoms with Crippen molar-refractivity contribution in [3.8, 4) is 46.0 Å². The number of alkyl halides is 1. The third-order valence-corrected chi connectivity index (χ3v) is 10.2. The zero-order valence-electron chi connectivity index (χ0n) is 27.6. The highest BCUT2D eigenvalue weighted by atomic mass is 35.5. The van der Waals surface area contributed by atoms with Crippen molar-refractivity contribution in [3.63, 3.8) is 0 Å². The second kappa shape index (κ2) is 13.2. The van der Waals surface area contributed by atoms with Crippen LogP contribution in [0.15, 0.2) is 60.7 Å². The molecule has 0 aromatic heterocycles. The Morgan fingerprint density at radius 2 is 1.38 bits per heavy atom. The number of benzene rings is 4. The fraction of sp³-hybridized carbons (Fsp3) is 0.368. The molecule has 246 valence electrons. The predicted molar refractivity (Wildman–Crippen MR) is 182 cm³/mol. The molecule has 0 aliphatic carbocycles. The standard InChI is InChI=1S/C38H41ClN2O6/c1-40-14-12-25-19-32(43-3)34-21-28(25)29(40)16-23-6-9-27(10-7-23)46-33-18-24(8-11-31(33)42-2)17-30-36-26(13-15-41(30)22-39)20-35(44-4)37(45-5)38(36)47-34/h6-11,18-21,29-30H,12-17,22H2,1-5H3/t29-,30-/m0/s1. The third kappa shape index (κ3) is 5.83. The van der Waals surface area contributed by atoms with Crippen molar-refractivity contribution < 1.29 is 28.4 Å². The van der Waals surface area contributed by atoms with Crippen molar-refractivity contribution in [2.75, 3.05) is 54.6 Å². The van der Waals surface area contributed by atoms with E-state index in [2.05, 4.69) is 59.3 Å². The molecule has 0 fully saturated rings. The first-order valence-corrected chi connectivity index (χ1v) is 16.6. The van der Waals surface area contributed by atoms with Gasteiger partial charge in [-0.3, -0.25) is 9.80 Å². The van der Waals surface area contributed by atoms with Gasteiger partial charge < -0.3 is 28.4 Å². The van der Waals surface area contributed by atoms with Crippen LogP contribution in [-0.4, -0.2) is 64.4 Å². The summed E-state index contributed by atoms with van der Waals surface area (Å²) in [6.45, 7) is 1.74. The number of rotatable bonds is 5. The van der Waals surface area contributed by atoms with Crippen molar-refractivity contribution in [1.82, 2.24) is 9.80 Å². The lowest BCUT2D eigenvalue weighted by Gasteiger charge is -2.38. The number of hydrogen-bond acceptors (Lipinski definition) is 8. The monoisotopic (exact) mass is 656 g/mol. The summed E-state index contributed by atoms with van der Waals surface area (Å²) in [5.74, 6) is 5.18. The molecule has 0 saturated heterocycles. The van der Waals surface area contributed by atoms with Gasteiger partial charge in [0.05, 0.1) is 34.4 Å². The zero-order valence-corrected chi connectivity index (χ0v) is 28.4. The minimum Gasteiger partial charge on any atom is -0.493 e. The van der Waals surface area contributed by atoms with E-state index in [1.54, 1.807) is 28.4 Å².